The maximum absolute atomic E-state index is 11.4. The minimum atomic E-state index is -0.754. The third-order valence-corrected chi connectivity index (χ3v) is 2.85. The highest BCUT2D eigenvalue weighted by atomic mass is 32.1. The molecule has 0 aliphatic rings. The molecule has 0 fully saturated rings. The van der Waals surface area contributed by atoms with Gasteiger partial charge in [-0.15, -0.1) is 5.10 Å². The number of nitrogens with zero attached hydrogens (tertiary/aromatic N) is 2. The molecule has 0 atom stereocenters. The van der Waals surface area contributed by atoms with E-state index in [0.717, 1.165) is 30.8 Å². The van der Waals surface area contributed by atoms with Crippen LogP contribution in [0.3, 0.4) is 0 Å². The zero-order valence-corrected chi connectivity index (χ0v) is 10.2. The van der Waals surface area contributed by atoms with Crippen molar-refractivity contribution in [1.82, 2.24) is 14.9 Å². The second-order valence-electron chi connectivity index (χ2n) is 3.60. The first-order valence-corrected chi connectivity index (χ1v) is 6.25. The Kier molecular flexibility index (Phi) is 6.16. The Bertz CT molecular complexity index is 354. The molecule has 0 radical (unpaired) electrons. The molecule has 0 unspecified atom stereocenters. The van der Waals surface area contributed by atoms with Crippen LogP contribution in [0.25, 0.3) is 0 Å². The zero-order valence-electron chi connectivity index (χ0n) is 9.39. The Labute approximate surface area is 103 Å². The smallest absolute Gasteiger partial charge is 0.303 e. The predicted molar refractivity (Wildman–Crippen MR) is 63.0 cm³/mol. The van der Waals surface area contributed by atoms with Crippen molar-refractivity contribution in [2.24, 2.45) is 0 Å². The molecular formula is C10H15N3O3S. The number of aliphatic carboxylic acids is 1. The summed E-state index contributed by atoms with van der Waals surface area (Å²) in [7, 11) is 0. The van der Waals surface area contributed by atoms with Gasteiger partial charge in [0.1, 0.15) is 4.88 Å². The van der Waals surface area contributed by atoms with Gasteiger partial charge in [0.05, 0.1) is 6.20 Å². The van der Waals surface area contributed by atoms with Crippen molar-refractivity contribution < 1.29 is 14.7 Å². The third kappa shape index (κ3) is 5.96. The Balaban J connectivity index is 1.97. The summed E-state index contributed by atoms with van der Waals surface area (Å²) in [4.78, 5) is 22.2. The number of amides is 1. The Hall–Kier alpha value is -1.50. The third-order valence-electron chi connectivity index (χ3n) is 2.19. The number of hydrogen-bond donors (Lipinski definition) is 2. The molecule has 0 bridgehead atoms. The van der Waals surface area contributed by atoms with Gasteiger partial charge in [0.15, 0.2) is 0 Å². The lowest BCUT2D eigenvalue weighted by Gasteiger charge is -2.02. The quantitative estimate of drug-likeness (QED) is 0.685. The van der Waals surface area contributed by atoms with Gasteiger partial charge in [0.25, 0.3) is 5.91 Å². The van der Waals surface area contributed by atoms with Crippen molar-refractivity contribution in [3.8, 4) is 0 Å². The fraction of sp³-hybridized carbons (Fsp3) is 0.600. The van der Waals surface area contributed by atoms with E-state index in [4.69, 9.17) is 5.11 Å². The number of hydrogen-bond acceptors (Lipinski definition) is 5. The zero-order chi connectivity index (χ0) is 12.5. The lowest BCUT2D eigenvalue weighted by Crippen LogP contribution is -2.23. The number of aromatic nitrogens is 2. The van der Waals surface area contributed by atoms with Crippen LogP contribution in [0.4, 0.5) is 0 Å². The molecular weight excluding hydrogens is 242 g/mol. The summed E-state index contributed by atoms with van der Waals surface area (Å²) in [5, 5.41) is 14.8. The van der Waals surface area contributed by atoms with E-state index in [1.165, 1.54) is 6.20 Å². The van der Waals surface area contributed by atoms with Gasteiger partial charge >= 0.3 is 5.97 Å². The molecule has 2 N–H and O–H groups in total. The summed E-state index contributed by atoms with van der Waals surface area (Å²) >= 11 is 1.07. The van der Waals surface area contributed by atoms with E-state index in [1.807, 2.05) is 0 Å². The van der Waals surface area contributed by atoms with Crippen LogP contribution < -0.4 is 5.32 Å². The fourth-order valence-electron chi connectivity index (χ4n) is 1.31. The van der Waals surface area contributed by atoms with E-state index in [9.17, 15) is 9.59 Å². The van der Waals surface area contributed by atoms with Crippen LogP contribution in [0.15, 0.2) is 6.20 Å². The number of carboxylic acids is 1. The Morgan fingerprint density at radius 1 is 1.29 bits per heavy atom. The molecule has 1 amide bonds. The molecule has 1 aromatic heterocycles. The van der Waals surface area contributed by atoms with Gasteiger partial charge in [-0.1, -0.05) is 17.3 Å². The average molecular weight is 257 g/mol. The van der Waals surface area contributed by atoms with Crippen LogP contribution in [0, 0.1) is 0 Å². The second-order valence-corrected chi connectivity index (χ2v) is 4.38. The summed E-state index contributed by atoms with van der Waals surface area (Å²) < 4.78 is 3.60. The number of carboxylic acid groups (broad SMARTS) is 1. The van der Waals surface area contributed by atoms with E-state index in [2.05, 4.69) is 14.9 Å². The van der Waals surface area contributed by atoms with Gasteiger partial charge in [-0.2, -0.15) is 0 Å². The van der Waals surface area contributed by atoms with E-state index in [1.54, 1.807) is 0 Å². The Morgan fingerprint density at radius 2 is 2.06 bits per heavy atom. The molecule has 0 aliphatic heterocycles. The fourth-order valence-corrected chi connectivity index (χ4v) is 1.74. The van der Waals surface area contributed by atoms with Gasteiger partial charge in [0, 0.05) is 13.0 Å². The molecule has 0 aromatic carbocycles. The minimum absolute atomic E-state index is 0.148. The molecule has 0 saturated heterocycles. The molecule has 1 rings (SSSR count). The first-order chi connectivity index (χ1) is 8.20. The second kappa shape index (κ2) is 7.72. The first-order valence-electron chi connectivity index (χ1n) is 5.47. The average Bonchev–Trinajstić information content (AvgIpc) is 2.80. The number of carbonyl (C=O) groups excluding carboxylic acids is 1. The molecule has 0 aliphatic carbocycles. The standard InChI is InChI=1S/C10H15N3O3S/c14-9(15)5-3-1-2-4-6-11-10(16)8-7-12-13-17-8/h7H,1-6H2,(H,11,16)(H,14,15). The SMILES string of the molecule is O=C(O)CCCCCCNC(=O)c1cnns1. The van der Waals surface area contributed by atoms with Crippen molar-refractivity contribution in [3.63, 3.8) is 0 Å². The van der Waals surface area contributed by atoms with Crippen LogP contribution in [0.5, 0.6) is 0 Å². The molecule has 94 valence electrons. The largest absolute Gasteiger partial charge is 0.481 e. The molecule has 1 heterocycles. The summed E-state index contributed by atoms with van der Waals surface area (Å²) in [6.07, 6.45) is 5.02. The number of carbonyl (C=O) groups is 2. The van der Waals surface area contributed by atoms with Crippen LogP contribution in [-0.4, -0.2) is 33.1 Å². The van der Waals surface area contributed by atoms with Gasteiger partial charge in [-0.05, 0) is 24.4 Å². The van der Waals surface area contributed by atoms with Crippen molar-refractivity contribution in [2.45, 2.75) is 32.1 Å². The van der Waals surface area contributed by atoms with Crippen molar-refractivity contribution in [2.75, 3.05) is 6.54 Å². The van der Waals surface area contributed by atoms with Gasteiger partial charge in [-0.25, -0.2) is 0 Å². The van der Waals surface area contributed by atoms with Crippen molar-refractivity contribution in [3.05, 3.63) is 11.1 Å². The van der Waals surface area contributed by atoms with E-state index >= 15 is 0 Å². The van der Waals surface area contributed by atoms with E-state index < -0.39 is 5.97 Å². The van der Waals surface area contributed by atoms with Gasteiger partial charge in [0.2, 0.25) is 0 Å². The molecule has 17 heavy (non-hydrogen) atoms. The van der Waals surface area contributed by atoms with Crippen LogP contribution in [0.1, 0.15) is 41.8 Å². The van der Waals surface area contributed by atoms with Gasteiger partial charge in [-0.3, -0.25) is 9.59 Å². The van der Waals surface area contributed by atoms with Crippen LogP contribution in [0.2, 0.25) is 0 Å². The monoisotopic (exact) mass is 257 g/mol. The lowest BCUT2D eigenvalue weighted by atomic mass is 10.1. The number of unbranched alkanes of at least 4 members (excludes halogenated alkanes) is 3. The maximum Gasteiger partial charge on any atom is 0.303 e. The van der Waals surface area contributed by atoms with Gasteiger partial charge < -0.3 is 10.4 Å². The van der Waals surface area contributed by atoms with Crippen LogP contribution in [-0.2, 0) is 4.79 Å². The molecule has 1 aromatic rings. The first kappa shape index (κ1) is 13.6. The predicted octanol–water partition coefficient (Wildman–Crippen LogP) is 1.30. The summed E-state index contributed by atoms with van der Waals surface area (Å²) in [6.45, 7) is 0.601. The number of nitrogens with one attached hydrogen (secondary N) is 1. The number of rotatable bonds is 8. The Morgan fingerprint density at radius 3 is 2.71 bits per heavy atom. The lowest BCUT2D eigenvalue weighted by molar-refractivity contribution is -0.137. The highest BCUT2D eigenvalue weighted by molar-refractivity contribution is 7.07. The topological polar surface area (TPSA) is 92.2 Å². The summed E-state index contributed by atoms with van der Waals surface area (Å²) in [6, 6.07) is 0. The normalized spacial score (nSPS) is 10.1. The van der Waals surface area contributed by atoms with Crippen LogP contribution >= 0.6 is 11.5 Å². The highest BCUT2D eigenvalue weighted by Gasteiger charge is 2.06. The van der Waals surface area contributed by atoms with E-state index in [0.29, 0.717) is 17.8 Å². The van der Waals surface area contributed by atoms with Crippen molar-refractivity contribution in [1.29, 1.82) is 0 Å². The molecule has 0 saturated carbocycles. The van der Waals surface area contributed by atoms with Crippen molar-refractivity contribution >= 4 is 23.4 Å². The summed E-state index contributed by atoms with van der Waals surface area (Å²) in [5.74, 6) is -0.901. The molecule has 0 spiro atoms. The molecule has 7 heteroatoms. The molecule has 6 nitrogen and oxygen atoms in total. The highest BCUT2D eigenvalue weighted by Crippen LogP contribution is 2.03. The summed E-state index contributed by atoms with van der Waals surface area (Å²) in [5.41, 5.74) is 0. The van der Waals surface area contributed by atoms with E-state index in [-0.39, 0.29) is 12.3 Å². The minimum Gasteiger partial charge on any atom is -0.481 e. The maximum atomic E-state index is 11.4.